The number of carboxylic acid groups (broad SMARTS) is 1. The number of oxazole rings is 1. The Labute approximate surface area is 165 Å². The molecular weight excluding hydrogens is 376 g/mol. The zero-order valence-electron chi connectivity index (χ0n) is 15.2. The van der Waals surface area contributed by atoms with Gasteiger partial charge in [0.1, 0.15) is 10.5 Å². The SMILES string of the molecule is O=C(O)N1C2CC1CN(c1nc3c(C4CCC4)ccc(-c4nccs4)c3o1)C2. The van der Waals surface area contributed by atoms with Crippen LogP contribution in [0.3, 0.4) is 0 Å². The van der Waals surface area contributed by atoms with Gasteiger partial charge in [-0.3, -0.25) is 4.90 Å². The summed E-state index contributed by atoms with van der Waals surface area (Å²) < 4.78 is 6.30. The molecule has 5 heterocycles. The van der Waals surface area contributed by atoms with Crippen molar-refractivity contribution in [3.63, 3.8) is 0 Å². The average Bonchev–Trinajstić information content (AvgIpc) is 3.30. The molecule has 1 saturated carbocycles. The van der Waals surface area contributed by atoms with Crippen LogP contribution in [0.15, 0.2) is 28.1 Å². The van der Waals surface area contributed by atoms with Crippen molar-refractivity contribution in [2.24, 2.45) is 0 Å². The normalized spacial score (nSPS) is 24.3. The lowest BCUT2D eigenvalue weighted by molar-refractivity contribution is 0.0101. The minimum absolute atomic E-state index is 0.0378. The van der Waals surface area contributed by atoms with Gasteiger partial charge in [0.2, 0.25) is 0 Å². The number of benzene rings is 1. The molecule has 1 amide bonds. The van der Waals surface area contributed by atoms with E-state index >= 15 is 0 Å². The van der Waals surface area contributed by atoms with Crippen molar-refractivity contribution < 1.29 is 14.3 Å². The first-order valence-electron chi connectivity index (χ1n) is 9.78. The van der Waals surface area contributed by atoms with Crippen molar-refractivity contribution >= 4 is 34.5 Å². The molecule has 8 heteroatoms. The number of thiazole rings is 1. The molecule has 2 atom stereocenters. The highest BCUT2D eigenvalue weighted by molar-refractivity contribution is 7.13. The van der Waals surface area contributed by atoms with Gasteiger partial charge in [0, 0.05) is 24.7 Å². The quantitative estimate of drug-likeness (QED) is 0.716. The minimum Gasteiger partial charge on any atom is -0.465 e. The van der Waals surface area contributed by atoms with E-state index in [1.807, 2.05) is 11.6 Å². The lowest BCUT2D eigenvalue weighted by Crippen LogP contribution is -2.70. The van der Waals surface area contributed by atoms with Crippen LogP contribution in [-0.4, -0.2) is 51.2 Å². The first-order valence-corrected chi connectivity index (χ1v) is 10.7. The van der Waals surface area contributed by atoms with E-state index in [2.05, 4.69) is 22.0 Å². The van der Waals surface area contributed by atoms with Crippen LogP contribution in [-0.2, 0) is 0 Å². The Hall–Kier alpha value is -2.61. The Balaban J connectivity index is 1.41. The molecule has 3 aromatic rings. The van der Waals surface area contributed by atoms with E-state index in [0.29, 0.717) is 25.0 Å². The molecule has 2 aromatic heterocycles. The third-order valence-corrected chi connectivity index (χ3v) is 7.26. The van der Waals surface area contributed by atoms with Crippen LogP contribution < -0.4 is 4.90 Å². The van der Waals surface area contributed by atoms with Crippen molar-refractivity contribution in [2.45, 2.75) is 43.7 Å². The third kappa shape index (κ3) is 2.30. The summed E-state index contributed by atoms with van der Waals surface area (Å²) in [4.78, 5) is 24.4. The largest absolute Gasteiger partial charge is 0.465 e. The zero-order chi connectivity index (χ0) is 18.8. The molecule has 1 aliphatic carbocycles. The molecule has 3 aliphatic heterocycles. The standard InChI is InChI=1S/C20H20N4O3S/c25-20(26)24-12-8-13(24)10-23(9-12)19-22-16-14(11-2-1-3-11)4-5-15(17(16)27-19)18-21-6-7-28-18/h4-7,11-13H,1-3,8-10H2,(H,25,26). The number of hydrogen-bond acceptors (Lipinski definition) is 6. The Morgan fingerprint density at radius 3 is 2.71 bits per heavy atom. The molecule has 2 unspecified atom stereocenters. The van der Waals surface area contributed by atoms with Gasteiger partial charge in [0.15, 0.2) is 5.58 Å². The number of nitrogens with zero attached hydrogens (tertiary/aromatic N) is 4. The first kappa shape index (κ1) is 16.4. The van der Waals surface area contributed by atoms with Gasteiger partial charge in [-0.1, -0.05) is 12.5 Å². The fourth-order valence-corrected chi connectivity index (χ4v) is 5.46. The summed E-state index contributed by atoms with van der Waals surface area (Å²) in [6.07, 6.45) is 5.59. The van der Waals surface area contributed by atoms with E-state index in [1.54, 1.807) is 16.2 Å². The highest BCUT2D eigenvalue weighted by atomic mass is 32.1. The highest BCUT2D eigenvalue weighted by Gasteiger charge is 2.48. The molecule has 2 bridgehead atoms. The van der Waals surface area contributed by atoms with Gasteiger partial charge in [-0.25, -0.2) is 9.78 Å². The number of rotatable bonds is 3. The minimum atomic E-state index is -0.822. The summed E-state index contributed by atoms with van der Waals surface area (Å²) in [6.45, 7) is 1.28. The molecule has 28 heavy (non-hydrogen) atoms. The molecule has 1 N–H and O–H groups in total. The smallest absolute Gasteiger partial charge is 0.407 e. The molecule has 3 saturated heterocycles. The Bertz CT molecular complexity index is 1050. The molecule has 7 rings (SSSR count). The zero-order valence-corrected chi connectivity index (χ0v) is 16.1. The Morgan fingerprint density at radius 1 is 1.25 bits per heavy atom. The maximum absolute atomic E-state index is 11.4. The summed E-state index contributed by atoms with van der Waals surface area (Å²) in [5.74, 6) is 0.558. The molecule has 0 radical (unpaired) electrons. The summed E-state index contributed by atoms with van der Waals surface area (Å²) in [5, 5.41) is 12.3. The Kier molecular flexibility index (Phi) is 3.47. The van der Waals surface area contributed by atoms with Crippen molar-refractivity contribution in [1.29, 1.82) is 0 Å². The van der Waals surface area contributed by atoms with Crippen LogP contribution >= 0.6 is 11.3 Å². The van der Waals surface area contributed by atoms with Gasteiger partial charge in [-0.05, 0) is 36.8 Å². The lowest BCUT2D eigenvalue weighted by Gasteiger charge is -2.54. The lowest BCUT2D eigenvalue weighted by atomic mass is 9.79. The molecule has 1 aromatic carbocycles. The van der Waals surface area contributed by atoms with Gasteiger partial charge in [0.25, 0.3) is 6.01 Å². The second kappa shape index (κ2) is 5.94. The second-order valence-electron chi connectivity index (χ2n) is 7.98. The van der Waals surface area contributed by atoms with E-state index in [4.69, 9.17) is 9.40 Å². The first-order chi connectivity index (χ1) is 13.7. The number of anilines is 1. The van der Waals surface area contributed by atoms with Gasteiger partial charge in [-0.15, -0.1) is 11.3 Å². The van der Waals surface area contributed by atoms with Crippen LogP contribution in [0.25, 0.3) is 21.7 Å². The molecule has 7 nitrogen and oxygen atoms in total. The maximum atomic E-state index is 11.4. The summed E-state index contributed by atoms with van der Waals surface area (Å²) >= 11 is 1.60. The van der Waals surface area contributed by atoms with Crippen LogP contribution in [0.1, 0.15) is 37.2 Å². The van der Waals surface area contributed by atoms with Crippen LogP contribution in [0.4, 0.5) is 10.8 Å². The van der Waals surface area contributed by atoms with Gasteiger partial charge in [-0.2, -0.15) is 4.98 Å². The van der Waals surface area contributed by atoms with Gasteiger partial charge < -0.3 is 14.4 Å². The third-order valence-electron chi connectivity index (χ3n) is 6.46. The van der Waals surface area contributed by atoms with Gasteiger partial charge in [0.05, 0.1) is 17.6 Å². The molecular formula is C20H20N4O3S. The monoisotopic (exact) mass is 396 g/mol. The number of amides is 1. The summed E-state index contributed by atoms with van der Waals surface area (Å²) in [6, 6.07) is 4.99. The molecule has 144 valence electrons. The average molecular weight is 396 g/mol. The van der Waals surface area contributed by atoms with Crippen molar-refractivity contribution in [1.82, 2.24) is 14.9 Å². The number of piperidine rings is 1. The van der Waals surface area contributed by atoms with E-state index < -0.39 is 6.09 Å². The Morgan fingerprint density at radius 2 is 2.07 bits per heavy atom. The van der Waals surface area contributed by atoms with Crippen LogP contribution in [0.5, 0.6) is 0 Å². The van der Waals surface area contributed by atoms with E-state index in [-0.39, 0.29) is 12.1 Å². The van der Waals surface area contributed by atoms with Crippen LogP contribution in [0, 0.1) is 0 Å². The second-order valence-corrected chi connectivity index (χ2v) is 8.87. The van der Waals surface area contributed by atoms with Crippen molar-refractivity contribution in [2.75, 3.05) is 18.0 Å². The van der Waals surface area contributed by atoms with E-state index in [0.717, 1.165) is 28.1 Å². The number of piperazine rings is 1. The maximum Gasteiger partial charge on any atom is 0.407 e. The number of carbonyl (C=O) groups is 1. The number of hydrogen-bond donors (Lipinski definition) is 1. The predicted octanol–water partition coefficient (Wildman–Crippen LogP) is 4.16. The number of aromatic nitrogens is 2. The predicted molar refractivity (Wildman–Crippen MR) is 106 cm³/mol. The number of fused-ring (bicyclic) bond motifs is 3. The van der Waals surface area contributed by atoms with Crippen molar-refractivity contribution in [3.05, 3.63) is 29.3 Å². The fraction of sp³-hybridized carbons (Fsp3) is 0.450. The van der Waals surface area contributed by atoms with Crippen LogP contribution in [0.2, 0.25) is 0 Å². The summed E-state index contributed by atoms with van der Waals surface area (Å²) in [5.41, 5.74) is 4.01. The summed E-state index contributed by atoms with van der Waals surface area (Å²) in [7, 11) is 0. The van der Waals surface area contributed by atoms with E-state index in [1.165, 1.54) is 24.8 Å². The molecule has 0 spiro atoms. The topological polar surface area (TPSA) is 82.7 Å². The fourth-order valence-electron chi connectivity index (χ4n) is 4.80. The molecule has 4 aliphatic rings. The van der Waals surface area contributed by atoms with E-state index in [9.17, 15) is 9.90 Å². The van der Waals surface area contributed by atoms with Crippen molar-refractivity contribution in [3.8, 4) is 10.6 Å². The van der Waals surface area contributed by atoms with Gasteiger partial charge >= 0.3 is 6.09 Å². The molecule has 4 fully saturated rings. The highest BCUT2D eigenvalue weighted by Crippen LogP contribution is 2.44.